The van der Waals surface area contributed by atoms with E-state index in [4.69, 9.17) is 4.74 Å². The smallest absolute Gasteiger partial charge is 0.129 e. The predicted molar refractivity (Wildman–Crippen MR) is 116 cm³/mol. The van der Waals surface area contributed by atoms with Gasteiger partial charge in [-0.15, -0.1) is 0 Å². The van der Waals surface area contributed by atoms with Crippen LogP contribution in [0.25, 0.3) is 0 Å². The van der Waals surface area contributed by atoms with Crippen LogP contribution in [0.5, 0.6) is 23.0 Å². The molecule has 1 aliphatic rings. The number of hydrogen-bond donors (Lipinski definition) is 3. The molecule has 29 heavy (non-hydrogen) atoms. The van der Waals surface area contributed by atoms with Gasteiger partial charge in [-0.3, -0.25) is 0 Å². The van der Waals surface area contributed by atoms with E-state index in [1.165, 1.54) is 5.57 Å². The van der Waals surface area contributed by atoms with Gasteiger partial charge < -0.3 is 20.1 Å². The fourth-order valence-corrected chi connectivity index (χ4v) is 3.70. The fourth-order valence-electron chi connectivity index (χ4n) is 3.70. The van der Waals surface area contributed by atoms with Crippen LogP contribution in [0.15, 0.2) is 47.6 Å². The molecule has 1 aliphatic heterocycles. The van der Waals surface area contributed by atoms with E-state index < -0.39 is 0 Å². The topological polar surface area (TPSA) is 69.9 Å². The highest BCUT2D eigenvalue weighted by molar-refractivity contribution is 5.55. The van der Waals surface area contributed by atoms with E-state index in [-0.39, 0.29) is 23.2 Å². The molecule has 4 nitrogen and oxygen atoms in total. The highest BCUT2D eigenvalue weighted by Gasteiger charge is 2.27. The minimum absolute atomic E-state index is 0.0191. The molecule has 0 saturated heterocycles. The Morgan fingerprint density at radius 3 is 2.14 bits per heavy atom. The van der Waals surface area contributed by atoms with Crippen molar-refractivity contribution in [1.82, 2.24) is 0 Å². The van der Waals surface area contributed by atoms with E-state index in [1.807, 2.05) is 39.8 Å². The standard InChI is InChI=1S/C25H30O4/c1-15(2)5-8-20-22(26)12-10-19(24(20)28)18-13-17-7-11-23(27)21(9-6-16(3)4)25(17)29-14-18/h5-7,10-12,18,26-28H,8-9,13-14H2,1-4H3. The molecule has 2 aromatic carbocycles. The second-order valence-corrected chi connectivity index (χ2v) is 8.24. The SMILES string of the molecule is CC(C)=CCc1c(O)ccc(C2COc3c(ccc(O)c3CC=C(C)C)C2)c1O. The van der Waals surface area contributed by atoms with Crippen LogP contribution in [0.4, 0.5) is 0 Å². The Morgan fingerprint density at radius 2 is 1.48 bits per heavy atom. The van der Waals surface area contributed by atoms with Crippen LogP contribution in [-0.4, -0.2) is 21.9 Å². The van der Waals surface area contributed by atoms with Gasteiger partial charge in [0, 0.05) is 22.6 Å². The van der Waals surface area contributed by atoms with Crippen molar-refractivity contribution in [2.75, 3.05) is 6.61 Å². The fraction of sp³-hybridized carbons (Fsp3) is 0.360. The first-order chi connectivity index (χ1) is 13.8. The number of hydrogen-bond acceptors (Lipinski definition) is 4. The maximum absolute atomic E-state index is 10.8. The van der Waals surface area contributed by atoms with Crippen molar-refractivity contribution < 1.29 is 20.1 Å². The summed E-state index contributed by atoms with van der Waals surface area (Å²) in [5, 5.41) is 31.3. The summed E-state index contributed by atoms with van der Waals surface area (Å²) in [4.78, 5) is 0. The molecule has 3 N–H and O–H groups in total. The summed E-state index contributed by atoms with van der Waals surface area (Å²) in [6.45, 7) is 8.46. The van der Waals surface area contributed by atoms with Gasteiger partial charge in [0.15, 0.2) is 0 Å². The van der Waals surface area contributed by atoms with Crippen LogP contribution < -0.4 is 4.74 Å². The van der Waals surface area contributed by atoms with Crippen LogP contribution in [0.1, 0.15) is 55.9 Å². The Morgan fingerprint density at radius 1 is 0.897 bits per heavy atom. The number of rotatable bonds is 5. The van der Waals surface area contributed by atoms with Gasteiger partial charge in [-0.2, -0.15) is 0 Å². The number of allylic oxidation sites excluding steroid dienone is 4. The average Bonchev–Trinajstić information content (AvgIpc) is 2.66. The van der Waals surface area contributed by atoms with Crippen molar-refractivity contribution in [3.63, 3.8) is 0 Å². The highest BCUT2D eigenvalue weighted by Crippen LogP contribution is 2.43. The third-order valence-corrected chi connectivity index (χ3v) is 5.37. The van der Waals surface area contributed by atoms with Gasteiger partial charge in [0.25, 0.3) is 0 Å². The summed E-state index contributed by atoms with van der Waals surface area (Å²) in [5.41, 5.74) is 5.48. The van der Waals surface area contributed by atoms with Gasteiger partial charge in [0.1, 0.15) is 23.0 Å². The van der Waals surface area contributed by atoms with Crippen molar-refractivity contribution in [2.45, 2.75) is 52.9 Å². The zero-order valence-corrected chi connectivity index (χ0v) is 17.6. The summed E-state index contributed by atoms with van der Waals surface area (Å²) in [6.07, 6.45) is 5.88. The summed E-state index contributed by atoms with van der Waals surface area (Å²) < 4.78 is 6.08. The Labute approximate surface area is 172 Å². The van der Waals surface area contributed by atoms with Crippen molar-refractivity contribution in [3.8, 4) is 23.0 Å². The molecule has 0 aromatic heterocycles. The molecule has 0 radical (unpaired) electrons. The Hall–Kier alpha value is -2.88. The first-order valence-electron chi connectivity index (χ1n) is 10.0. The van der Waals surface area contributed by atoms with Crippen LogP contribution in [0.3, 0.4) is 0 Å². The number of ether oxygens (including phenoxy) is 1. The van der Waals surface area contributed by atoms with Crippen molar-refractivity contribution >= 4 is 0 Å². The van der Waals surface area contributed by atoms with Gasteiger partial charge in [0.05, 0.1) is 6.61 Å². The lowest BCUT2D eigenvalue weighted by atomic mass is 9.86. The molecule has 1 heterocycles. The predicted octanol–water partition coefficient (Wildman–Crippen LogP) is 5.54. The molecule has 1 unspecified atom stereocenters. The van der Waals surface area contributed by atoms with Gasteiger partial charge in [0.2, 0.25) is 0 Å². The number of phenols is 3. The maximum atomic E-state index is 10.8. The van der Waals surface area contributed by atoms with Crippen molar-refractivity contribution in [1.29, 1.82) is 0 Å². The van der Waals surface area contributed by atoms with Crippen molar-refractivity contribution in [2.24, 2.45) is 0 Å². The van der Waals surface area contributed by atoms with Crippen molar-refractivity contribution in [3.05, 3.63) is 69.8 Å². The number of aromatic hydroxyl groups is 3. The molecule has 4 heteroatoms. The van der Waals surface area contributed by atoms with E-state index in [9.17, 15) is 15.3 Å². The lowest BCUT2D eigenvalue weighted by Gasteiger charge is -2.28. The summed E-state index contributed by atoms with van der Waals surface area (Å²) in [7, 11) is 0. The second kappa shape index (κ2) is 8.64. The molecule has 2 aromatic rings. The third kappa shape index (κ3) is 4.58. The number of benzene rings is 2. The van der Waals surface area contributed by atoms with Crippen LogP contribution in [0.2, 0.25) is 0 Å². The summed E-state index contributed by atoms with van der Waals surface area (Å²) in [6, 6.07) is 7.04. The van der Waals surface area contributed by atoms with Gasteiger partial charge in [-0.05, 0) is 64.7 Å². The van der Waals surface area contributed by atoms with E-state index in [0.29, 0.717) is 31.4 Å². The zero-order valence-electron chi connectivity index (χ0n) is 17.6. The molecule has 3 rings (SSSR count). The third-order valence-electron chi connectivity index (χ3n) is 5.37. The van der Waals surface area contributed by atoms with Crippen LogP contribution in [0, 0.1) is 0 Å². The van der Waals surface area contributed by atoms with Gasteiger partial charge in [-0.1, -0.05) is 35.4 Å². The molecule has 0 aliphatic carbocycles. The monoisotopic (exact) mass is 394 g/mol. The molecule has 0 saturated carbocycles. The molecular weight excluding hydrogens is 364 g/mol. The Kier molecular flexibility index (Phi) is 6.21. The average molecular weight is 395 g/mol. The second-order valence-electron chi connectivity index (χ2n) is 8.24. The van der Waals surface area contributed by atoms with Crippen LogP contribution in [-0.2, 0) is 19.3 Å². The first kappa shape index (κ1) is 20.8. The van der Waals surface area contributed by atoms with Crippen LogP contribution >= 0.6 is 0 Å². The Balaban J connectivity index is 1.92. The first-order valence-corrected chi connectivity index (χ1v) is 10.0. The zero-order chi connectivity index (χ0) is 21.1. The van der Waals surface area contributed by atoms with E-state index in [2.05, 4.69) is 6.08 Å². The largest absolute Gasteiger partial charge is 0.508 e. The molecule has 0 amide bonds. The van der Waals surface area contributed by atoms with E-state index in [1.54, 1.807) is 18.2 Å². The highest BCUT2D eigenvalue weighted by atomic mass is 16.5. The minimum atomic E-state index is -0.0191. The molecule has 154 valence electrons. The lowest BCUT2D eigenvalue weighted by Crippen LogP contribution is -2.20. The lowest BCUT2D eigenvalue weighted by molar-refractivity contribution is 0.255. The quantitative estimate of drug-likeness (QED) is 0.582. The van der Waals surface area contributed by atoms with Gasteiger partial charge in [-0.25, -0.2) is 0 Å². The molecule has 0 fully saturated rings. The molecule has 1 atom stereocenters. The van der Waals surface area contributed by atoms with Gasteiger partial charge >= 0.3 is 0 Å². The minimum Gasteiger partial charge on any atom is -0.508 e. The maximum Gasteiger partial charge on any atom is 0.129 e. The van der Waals surface area contributed by atoms with E-state index >= 15 is 0 Å². The normalized spacial score (nSPS) is 15.2. The molecular formula is C25H30O4. The number of phenolic OH excluding ortho intramolecular Hbond substituents is 3. The summed E-state index contributed by atoms with van der Waals surface area (Å²) in [5.74, 6) is 1.23. The number of fused-ring (bicyclic) bond motifs is 1. The summed E-state index contributed by atoms with van der Waals surface area (Å²) >= 11 is 0. The molecule has 0 spiro atoms. The van der Waals surface area contributed by atoms with E-state index in [0.717, 1.165) is 28.0 Å². The Bertz CT molecular complexity index is 961. The molecule has 0 bridgehead atoms.